The lowest BCUT2D eigenvalue weighted by Gasteiger charge is -2.28. The Bertz CT molecular complexity index is 516. The maximum Gasteiger partial charge on any atom is 0.310 e. The number of carbonyl (C=O) groups is 1. The third kappa shape index (κ3) is 3.46. The van der Waals surface area contributed by atoms with Gasteiger partial charge in [0.2, 0.25) is 0 Å². The maximum atomic E-state index is 12.2. The summed E-state index contributed by atoms with van der Waals surface area (Å²) in [5.41, 5.74) is 2.34. The Labute approximate surface area is 126 Å². The summed E-state index contributed by atoms with van der Waals surface area (Å²) in [6.07, 6.45) is 11.1. The predicted octanol–water partition coefficient (Wildman–Crippen LogP) is 3.99. The van der Waals surface area contributed by atoms with Gasteiger partial charge in [-0.05, 0) is 24.5 Å². The maximum absolute atomic E-state index is 12.2. The van der Waals surface area contributed by atoms with Crippen LogP contribution in [-0.4, -0.2) is 19.2 Å². The standard InChI is InChI=1S/C18H23NO2/c20-18(16-9-3-1-2-4-10-16)21-14-19-13-7-11-15-8-5-6-12-17(15)19/h5-8,11-12,16H,1-4,9-10,13-14H2. The minimum atomic E-state index is -0.0102. The van der Waals surface area contributed by atoms with E-state index in [-0.39, 0.29) is 11.9 Å². The molecule has 0 spiro atoms. The van der Waals surface area contributed by atoms with Gasteiger partial charge >= 0.3 is 5.97 Å². The number of carbonyl (C=O) groups excluding carboxylic acids is 1. The Morgan fingerprint density at radius 2 is 1.90 bits per heavy atom. The molecule has 1 aromatic carbocycles. The van der Waals surface area contributed by atoms with E-state index in [0.717, 1.165) is 37.9 Å². The fourth-order valence-corrected chi connectivity index (χ4v) is 3.22. The third-order valence-corrected chi connectivity index (χ3v) is 4.45. The van der Waals surface area contributed by atoms with Crippen molar-refractivity contribution in [2.45, 2.75) is 38.5 Å². The fraction of sp³-hybridized carbons (Fsp3) is 0.500. The molecule has 0 unspecified atom stereocenters. The number of rotatable bonds is 3. The van der Waals surface area contributed by atoms with Crippen LogP contribution in [0.2, 0.25) is 0 Å². The quantitative estimate of drug-likeness (QED) is 0.621. The molecule has 2 aliphatic rings. The summed E-state index contributed by atoms with van der Waals surface area (Å²) in [6, 6.07) is 8.23. The van der Waals surface area contributed by atoms with E-state index in [4.69, 9.17) is 4.74 Å². The number of benzene rings is 1. The van der Waals surface area contributed by atoms with Gasteiger partial charge in [-0.15, -0.1) is 0 Å². The number of hydrogen-bond donors (Lipinski definition) is 0. The highest BCUT2D eigenvalue weighted by Crippen LogP contribution is 2.27. The molecule has 1 aromatic rings. The van der Waals surface area contributed by atoms with Crippen LogP contribution in [0.5, 0.6) is 0 Å². The molecule has 0 radical (unpaired) electrons. The fourth-order valence-electron chi connectivity index (χ4n) is 3.22. The Hall–Kier alpha value is -1.77. The van der Waals surface area contributed by atoms with E-state index in [0.29, 0.717) is 6.73 Å². The van der Waals surface area contributed by atoms with Crippen molar-refractivity contribution in [2.75, 3.05) is 18.2 Å². The number of nitrogens with zero attached hydrogens (tertiary/aromatic N) is 1. The molecule has 0 bridgehead atoms. The van der Waals surface area contributed by atoms with Crippen LogP contribution in [0, 0.1) is 5.92 Å². The summed E-state index contributed by atoms with van der Waals surface area (Å²) in [5, 5.41) is 0. The number of ether oxygens (including phenoxy) is 1. The van der Waals surface area contributed by atoms with Gasteiger partial charge in [-0.2, -0.15) is 0 Å². The highest BCUT2D eigenvalue weighted by molar-refractivity contribution is 5.74. The van der Waals surface area contributed by atoms with Crippen molar-refractivity contribution >= 4 is 17.7 Å². The molecule has 1 fully saturated rings. The number of esters is 1. The first-order valence-electron chi connectivity index (χ1n) is 8.02. The van der Waals surface area contributed by atoms with Crippen molar-refractivity contribution in [3.8, 4) is 0 Å². The molecule has 112 valence electrons. The van der Waals surface area contributed by atoms with Crippen LogP contribution in [-0.2, 0) is 9.53 Å². The van der Waals surface area contributed by atoms with E-state index in [1.54, 1.807) is 0 Å². The van der Waals surface area contributed by atoms with Gasteiger partial charge in [-0.1, -0.05) is 56.0 Å². The lowest BCUT2D eigenvalue weighted by atomic mass is 10.0. The summed E-state index contributed by atoms with van der Waals surface area (Å²) in [7, 11) is 0. The van der Waals surface area contributed by atoms with Gasteiger partial charge in [0.25, 0.3) is 0 Å². The van der Waals surface area contributed by atoms with Crippen LogP contribution in [0.25, 0.3) is 6.08 Å². The largest absolute Gasteiger partial charge is 0.444 e. The van der Waals surface area contributed by atoms with Crippen molar-refractivity contribution in [1.82, 2.24) is 0 Å². The minimum Gasteiger partial charge on any atom is -0.444 e. The highest BCUT2D eigenvalue weighted by Gasteiger charge is 2.22. The van der Waals surface area contributed by atoms with E-state index in [2.05, 4.69) is 29.2 Å². The molecule has 21 heavy (non-hydrogen) atoms. The highest BCUT2D eigenvalue weighted by atomic mass is 16.5. The van der Waals surface area contributed by atoms with Crippen LogP contribution in [0.4, 0.5) is 5.69 Å². The van der Waals surface area contributed by atoms with Crippen molar-refractivity contribution in [3.05, 3.63) is 35.9 Å². The second kappa shape index (κ2) is 6.79. The van der Waals surface area contributed by atoms with Crippen LogP contribution in [0.3, 0.4) is 0 Å². The molecule has 0 saturated heterocycles. The first-order chi connectivity index (χ1) is 10.3. The van der Waals surface area contributed by atoms with Gasteiger partial charge in [0.1, 0.15) is 0 Å². The summed E-state index contributed by atoms with van der Waals surface area (Å²) >= 11 is 0. The number of hydrogen-bond acceptors (Lipinski definition) is 3. The first-order valence-corrected chi connectivity index (χ1v) is 8.02. The second-order valence-electron chi connectivity index (χ2n) is 5.96. The predicted molar refractivity (Wildman–Crippen MR) is 85.0 cm³/mol. The van der Waals surface area contributed by atoms with E-state index < -0.39 is 0 Å². The summed E-state index contributed by atoms with van der Waals surface area (Å²) in [6.45, 7) is 1.16. The first kappa shape index (κ1) is 14.2. The number of para-hydroxylation sites is 1. The molecule has 1 heterocycles. The Morgan fingerprint density at radius 3 is 2.71 bits per heavy atom. The molecule has 3 heteroatoms. The van der Waals surface area contributed by atoms with Gasteiger partial charge in [0.15, 0.2) is 6.73 Å². The van der Waals surface area contributed by atoms with Gasteiger partial charge in [0.05, 0.1) is 5.92 Å². The van der Waals surface area contributed by atoms with E-state index >= 15 is 0 Å². The monoisotopic (exact) mass is 285 g/mol. The van der Waals surface area contributed by atoms with Gasteiger partial charge in [0, 0.05) is 12.2 Å². The lowest BCUT2D eigenvalue weighted by Crippen LogP contribution is -2.31. The van der Waals surface area contributed by atoms with Crippen molar-refractivity contribution in [3.63, 3.8) is 0 Å². The van der Waals surface area contributed by atoms with E-state index in [9.17, 15) is 4.79 Å². The van der Waals surface area contributed by atoms with Crippen molar-refractivity contribution < 1.29 is 9.53 Å². The number of fused-ring (bicyclic) bond motifs is 1. The molecule has 1 aliphatic carbocycles. The van der Waals surface area contributed by atoms with E-state index in [1.165, 1.54) is 18.4 Å². The minimum absolute atomic E-state index is 0.0102. The molecule has 1 aliphatic heterocycles. The normalized spacial score (nSPS) is 19.0. The SMILES string of the molecule is O=C(OCN1CC=Cc2ccccc21)C1CCCCCC1. The zero-order valence-corrected chi connectivity index (χ0v) is 12.5. The van der Waals surface area contributed by atoms with Gasteiger partial charge < -0.3 is 9.64 Å². The molecule has 3 nitrogen and oxygen atoms in total. The smallest absolute Gasteiger partial charge is 0.310 e. The topological polar surface area (TPSA) is 29.5 Å². The van der Waals surface area contributed by atoms with E-state index in [1.807, 2.05) is 12.1 Å². The molecule has 3 rings (SSSR count). The van der Waals surface area contributed by atoms with Gasteiger partial charge in [-0.3, -0.25) is 4.79 Å². The van der Waals surface area contributed by atoms with Crippen LogP contribution < -0.4 is 4.90 Å². The second-order valence-corrected chi connectivity index (χ2v) is 5.96. The molecular weight excluding hydrogens is 262 g/mol. The Kier molecular flexibility index (Phi) is 4.59. The van der Waals surface area contributed by atoms with Crippen molar-refractivity contribution in [1.29, 1.82) is 0 Å². The molecular formula is C18H23NO2. The molecule has 1 saturated carbocycles. The molecule has 0 N–H and O–H groups in total. The molecule has 0 amide bonds. The summed E-state index contributed by atoms with van der Waals surface area (Å²) in [5.74, 6) is 0.104. The van der Waals surface area contributed by atoms with Gasteiger partial charge in [-0.25, -0.2) is 0 Å². The average Bonchev–Trinajstić information content (AvgIpc) is 2.82. The summed E-state index contributed by atoms with van der Waals surface area (Å²) < 4.78 is 5.59. The van der Waals surface area contributed by atoms with Crippen molar-refractivity contribution in [2.24, 2.45) is 5.92 Å². The average molecular weight is 285 g/mol. The van der Waals surface area contributed by atoms with Crippen LogP contribution in [0.1, 0.15) is 44.1 Å². The molecule has 0 atom stereocenters. The molecule has 0 aromatic heterocycles. The Morgan fingerprint density at radius 1 is 1.14 bits per heavy atom. The zero-order valence-electron chi connectivity index (χ0n) is 12.5. The van der Waals surface area contributed by atoms with Crippen LogP contribution >= 0.6 is 0 Å². The Balaban J connectivity index is 1.58. The summed E-state index contributed by atoms with van der Waals surface area (Å²) in [4.78, 5) is 14.4. The van der Waals surface area contributed by atoms with Crippen LogP contribution in [0.15, 0.2) is 30.3 Å². The number of anilines is 1. The lowest BCUT2D eigenvalue weighted by molar-refractivity contribution is -0.148. The zero-order chi connectivity index (χ0) is 14.5. The third-order valence-electron chi connectivity index (χ3n) is 4.45.